The van der Waals surface area contributed by atoms with Crippen molar-refractivity contribution in [1.29, 1.82) is 0 Å². The summed E-state index contributed by atoms with van der Waals surface area (Å²) in [7, 11) is 1.29. The molecule has 0 saturated carbocycles. The van der Waals surface area contributed by atoms with Crippen LogP contribution in [0.2, 0.25) is 0 Å². The van der Waals surface area contributed by atoms with Crippen molar-refractivity contribution in [3.05, 3.63) is 0 Å². The van der Waals surface area contributed by atoms with Gasteiger partial charge in [0, 0.05) is 0 Å². The summed E-state index contributed by atoms with van der Waals surface area (Å²) in [5.41, 5.74) is 0. The van der Waals surface area contributed by atoms with Crippen molar-refractivity contribution >= 4 is 5.97 Å². The van der Waals surface area contributed by atoms with Crippen LogP contribution < -0.4 is 0 Å². The summed E-state index contributed by atoms with van der Waals surface area (Å²) in [5.74, 6) is -1.27. The standard InChI is InChI=1S/C10H16O6/c1-10(2)15-6-5(4-11)14-8(7(6)16-10)9(12)13-3/h5-8,11H,4H2,1-3H3/t5-,6-,7-,8-/m1/s1. The number of rotatable bonds is 2. The second-order valence-electron chi connectivity index (χ2n) is 4.37. The van der Waals surface area contributed by atoms with Crippen LogP contribution in [0.1, 0.15) is 13.8 Å². The van der Waals surface area contributed by atoms with Crippen LogP contribution in [0.15, 0.2) is 0 Å². The maximum atomic E-state index is 11.5. The summed E-state index contributed by atoms with van der Waals surface area (Å²) < 4.78 is 21.1. The minimum atomic E-state index is -0.825. The molecule has 4 atom stereocenters. The van der Waals surface area contributed by atoms with E-state index in [0.717, 1.165) is 0 Å². The van der Waals surface area contributed by atoms with E-state index in [9.17, 15) is 4.79 Å². The minimum absolute atomic E-state index is 0.214. The van der Waals surface area contributed by atoms with Crippen LogP contribution in [-0.2, 0) is 23.7 Å². The quantitative estimate of drug-likeness (QED) is 0.643. The Morgan fingerprint density at radius 3 is 2.56 bits per heavy atom. The van der Waals surface area contributed by atoms with Gasteiger partial charge in [0.25, 0.3) is 0 Å². The summed E-state index contributed by atoms with van der Waals surface area (Å²) in [4.78, 5) is 11.5. The van der Waals surface area contributed by atoms with Gasteiger partial charge in [-0.1, -0.05) is 0 Å². The lowest BCUT2D eigenvalue weighted by molar-refractivity contribution is -0.197. The highest BCUT2D eigenvalue weighted by atomic mass is 16.8. The predicted molar refractivity (Wildman–Crippen MR) is 51.6 cm³/mol. The fourth-order valence-corrected chi connectivity index (χ4v) is 2.13. The molecule has 6 heteroatoms. The molecule has 0 aromatic rings. The Morgan fingerprint density at radius 2 is 2.00 bits per heavy atom. The average molecular weight is 232 g/mol. The fraction of sp³-hybridized carbons (Fsp3) is 0.900. The van der Waals surface area contributed by atoms with Crippen molar-refractivity contribution in [3.63, 3.8) is 0 Å². The highest BCUT2D eigenvalue weighted by molar-refractivity contribution is 5.76. The number of ether oxygens (including phenoxy) is 4. The molecule has 0 amide bonds. The van der Waals surface area contributed by atoms with E-state index in [1.165, 1.54) is 7.11 Å². The van der Waals surface area contributed by atoms with E-state index >= 15 is 0 Å². The van der Waals surface area contributed by atoms with Crippen LogP contribution in [0.25, 0.3) is 0 Å². The van der Waals surface area contributed by atoms with Crippen LogP contribution in [0.5, 0.6) is 0 Å². The second-order valence-corrected chi connectivity index (χ2v) is 4.37. The third-order valence-corrected chi connectivity index (χ3v) is 2.76. The molecule has 2 saturated heterocycles. The molecule has 2 fully saturated rings. The van der Waals surface area contributed by atoms with Crippen LogP contribution in [-0.4, -0.2) is 55.0 Å². The molecule has 0 aromatic carbocycles. The zero-order valence-corrected chi connectivity index (χ0v) is 9.50. The third kappa shape index (κ3) is 1.82. The van der Waals surface area contributed by atoms with E-state index in [-0.39, 0.29) is 6.61 Å². The number of hydrogen-bond acceptors (Lipinski definition) is 6. The first-order valence-electron chi connectivity index (χ1n) is 5.18. The molecule has 2 rings (SSSR count). The Hall–Kier alpha value is -0.690. The lowest BCUT2D eigenvalue weighted by atomic mass is 10.1. The van der Waals surface area contributed by atoms with E-state index < -0.39 is 36.2 Å². The molecule has 2 aliphatic rings. The molecule has 0 radical (unpaired) electrons. The molecule has 0 bridgehead atoms. The van der Waals surface area contributed by atoms with Crippen LogP contribution in [0.4, 0.5) is 0 Å². The Morgan fingerprint density at radius 1 is 1.38 bits per heavy atom. The molecule has 6 nitrogen and oxygen atoms in total. The lowest BCUT2D eigenvalue weighted by Gasteiger charge is -2.22. The van der Waals surface area contributed by atoms with E-state index in [0.29, 0.717) is 0 Å². The number of esters is 1. The number of fused-ring (bicyclic) bond motifs is 1. The molecular weight excluding hydrogens is 216 g/mol. The van der Waals surface area contributed by atoms with Gasteiger partial charge in [0.05, 0.1) is 13.7 Å². The smallest absolute Gasteiger partial charge is 0.337 e. The van der Waals surface area contributed by atoms with Crippen molar-refractivity contribution in [2.45, 2.75) is 44.1 Å². The number of carbonyl (C=O) groups is 1. The lowest BCUT2D eigenvalue weighted by Crippen LogP contribution is -2.36. The van der Waals surface area contributed by atoms with Gasteiger partial charge in [0.2, 0.25) is 0 Å². The van der Waals surface area contributed by atoms with Gasteiger partial charge in [-0.2, -0.15) is 0 Å². The summed E-state index contributed by atoms with van der Waals surface area (Å²) in [5, 5.41) is 9.14. The van der Waals surface area contributed by atoms with Gasteiger partial charge < -0.3 is 24.1 Å². The van der Waals surface area contributed by atoms with Gasteiger partial charge in [-0.05, 0) is 13.8 Å². The van der Waals surface area contributed by atoms with Crippen molar-refractivity contribution in [1.82, 2.24) is 0 Å². The molecule has 0 unspecified atom stereocenters. The first kappa shape index (κ1) is 11.8. The van der Waals surface area contributed by atoms with Gasteiger partial charge in [-0.3, -0.25) is 0 Å². The second kappa shape index (κ2) is 3.96. The van der Waals surface area contributed by atoms with E-state index in [1.807, 2.05) is 0 Å². The fourth-order valence-electron chi connectivity index (χ4n) is 2.13. The Labute approximate surface area is 93.4 Å². The van der Waals surface area contributed by atoms with Gasteiger partial charge in [0.15, 0.2) is 11.9 Å². The van der Waals surface area contributed by atoms with Gasteiger partial charge >= 0.3 is 5.97 Å². The number of methoxy groups -OCH3 is 1. The Balaban J connectivity index is 2.17. The maximum Gasteiger partial charge on any atom is 0.337 e. The van der Waals surface area contributed by atoms with Crippen molar-refractivity contribution in [2.24, 2.45) is 0 Å². The predicted octanol–water partition coefficient (Wildman–Crippen LogP) is -0.561. The summed E-state index contributed by atoms with van der Waals surface area (Å²) in [6.45, 7) is 3.30. The zero-order valence-electron chi connectivity index (χ0n) is 9.50. The molecule has 0 spiro atoms. The van der Waals surface area contributed by atoms with E-state index in [2.05, 4.69) is 4.74 Å². The van der Waals surface area contributed by atoms with Gasteiger partial charge in [-0.25, -0.2) is 4.79 Å². The third-order valence-electron chi connectivity index (χ3n) is 2.76. The monoisotopic (exact) mass is 232 g/mol. The topological polar surface area (TPSA) is 74.2 Å². The average Bonchev–Trinajstić information content (AvgIpc) is 2.69. The highest BCUT2D eigenvalue weighted by Crippen LogP contribution is 2.38. The number of carbonyl (C=O) groups excluding carboxylic acids is 1. The summed E-state index contributed by atoms with van der Waals surface area (Å²) in [6, 6.07) is 0. The Bertz CT molecular complexity index is 289. The molecule has 1 N–H and O–H groups in total. The van der Waals surface area contributed by atoms with Crippen LogP contribution in [0.3, 0.4) is 0 Å². The van der Waals surface area contributed by atoms with Gasteiger partial charge in [-0.15, -0.1) is 0 Å². The van der Waals surface area contributed by atoms with Gasteiger partial charge in [0.1, 0.15) is 18.3 Å². The number of aliphatic hydroxyl groups excluding tert-OH is 1. The number of hydrogen-bond donors (Lipinski definition) is 1. The largest absolute Gasteiger partial charge is 0.467 e. The summed E-state index contributed by atoms with van der Waals surface area (Å²) >= 11 is 0. The first-order chi connectivity index (χ1) is 7.48. The maximum absolute atomic E-state index is 11.5. The molecule has 92 valence electrons. The highest BCUT2D eigenvalue weighted by Gasteiger charge is 2.57. The van der Waals surface area contributed by atoms with E-state index in [1.54, 1.807) is 13.8 Å². The molecule has 2 aliphatic heterocycles. The molecule has 0 aliphatic carbocycles. The summed E-state index contributed by atoms with van der Waals surface area (Å²) in [6.07, 6.45) is -2.31. The minimum Gasteiger partial charge on any atom is -0.467 e. The van der Waals surface area contributed by atoms with Crippen LogP contribution in [0, 0.1) is 0 Å². The van der Waals surface area contributed by atoms with E-state index in [4.69, 9.17) is 19.3 Å². The first-order valence-corrected chi connectivity index (χ1v) is 5.18. The molecular formula is C10H16O6. The zero-order chi connectivity index (χ0) is 11.9. The molecule has 0 aromatic heterocycles. The Kier molecular flexibility index (Phi) is 2.91. The molecule has 2 heterocycles. The van der Waals surface area contributed by atoms with Crippen molar-refractivity contribution < 1.29 is 28.8 Å². The van der Waals surface area contributed by atoms with Crippen molar-refractivity contribution in [3.8, 4) is 0 Å². The molecule has 16 heavy (non-hydrogen) atoms. The SMILES string of the molecule is COC(=O)[C@@H]1O[C@H](CO)[C@H]2OC(C)(C)O[C@H]21. The number of aliphatic hydroxyl groups is 1. The van der Waals surface area contributed by atoms with Crippen LogP contribution >= 0.6 is 0 Å². The normalized spacial score (nSPS) is 40.8. The van der Waals surface area contributed by atoms with Crippen molar-refractivity contribution in [2.75, 3.05) is 13.7 Å².